The first-order valence-corrected chi connectivity index (χ1v) is 9.77. The van der Waals surface area contributed by atoms with Crippen LogP contribution in [-0.2, 0) is 6.42 Å². The minimum absolute atomic E-state index is 0.106. The van der Waals surface area contributed by atoms with Crippen LogP contribution in [0, 0.1) is 0 Å². The van der Waals surface area contributed by atoms with Gasteiger partial charge in [-0.1, -0.05) is 75.8 Å². The zero-order valence-corrected chi connectivity index (χ0v) is 15.3. The number of aryl methyl sites for hydroxylation is 1. The number of benzene rings is 2. The molecule has 0 aromatic heterocycles. The third kappa shape index (κ3) is 3.95. The molecule has 128 valence electrons. The van der Waals surface area contributed by atoms with Gasteiger partial charge in [0.25, 0.3) is 0 Å². The van der Waals surface area contributed by atoms with Crippen LogP contribution in [-0.4, -0.2) is 0 Å². The van der Waals surface area contributed by atoms with E-state index in [4.69, 9.17) is 16.3 Å². The summed E-state index contributed by atoms with van der Waals surface area (Å²) in [6, 6.07) is 14.4. The number of alkyl halides is 1. The van der Waals surface area contributed by atoms with Crippen molar-refractivity contribution in [2.24, 2.45) is 0 Å². The van der Waals surface area contributed by atoms with Crippen molar-refractivity contribution in [2.45, 2.75) is 63.7 Å². The minimum atomic E-state index is -0.106. The van der Waals surface area contributed by atoms with Crippen LogP contribution in [0.1, 0.15) is 73.9 Å². The summed E-state index contributed by atoms with van der Waals surface area (Å²) in [5, 5.41) is -0.106. The molecule has 0 bridgehead atoms. The molecular weight excluding hydrogens is 316 g/mol. The molecule has 0 N–H and O–H groups in total. The lowest BCUT2D eigenvalue weighted by Gasteiger charge is -2.26. The molecule has 2 heteroatoms. The lowest BCUT2D eigenvalue weighted by Crippen LogP contribution is -2.08. The average molecular weight is 343 g/mol. The van der Waals surface area contributed by atoms with Crippen molar-refractivity contribution in [1.29, 1.82) is 0 Å². The van der Waals surface area contributed by atoms with E-state index < -0.39 is 0 Å². The maximum atomic E-state index is 6.80. The standard InChI is InChI=1S/C22H27ClO/c1-2-3-4-5-6-7-8-12-17-13-11-16-20-21(17)22(23)18-14-9-10-15-19(18)24-20/h9-11,13-16,22H,2-8,12H2,1H3. The molecular formula is C22H27ClO. The molecule has 24 heavy (non-hydrogen) atoms. The predicted molar refractivity (Wildman–Crippen MR) is 102 cm³/mol. The molecule has 1 nitrogen and oxygen atoms in total. The molecule has 3 rings (SSSR count). The van der Waals surface area contributed by atoms with Crippen LogP contribution in [0.15, 0.2) is 42.5 Å². The third-order valence-corrected chi connectivity index (χ3v) is 5.32. The molecule has 1 aliphatic heterocycles. The first kappa shape index (κ1) is 17.4. The zero-order valence-electron chi connectivity index (χ0n) is 14.6. The quantitative estimate of drug-likeness (QED) is 0.358. The van der Waals surface area contributed by atoms with Crippen LogP contribution in [0.4, 0.5) is 0 Å². The number of rotatable bonds is 8. The molecule has 0 spiro atoms. The number of ether oxygens (including phenoxy) is 1. The molecule has 2 aromatic carbocycles. The van der Waals surface area contributed by atoms with Gasteiger partial charge in [0.2, 0.25) is 0 Å². The van der Waals surface area contributed by atoms with E-state index in [1.807, 2.05) is 24.3 Å². The molecule has 0 saturated carbocycles. The summed E-state index contributed by atoms with van der Waals surface area (Å²) in [5.74, 6) is 1.81. The topological polar surface area (TPSA) is 9.23 Å². The fraction of sp³-hybridized carbons (Fsp3) is 0.455. The Morgan fingerprint density at radius 3 is 2.38 bits per heavy atom. The Morgan fingerprint density at radius 1 is 0.833 bits per heavy atom. The van der Waals surface area contributed by atoms with E-state index in [2.05, 4.69) is 25.1 Å². The van der Waals surface area contributed by atoms with Crippen LogP contribution in [0.3, 0.4) is 0 Å². The molecule has 1 aliphatic rings. The van der Waals surface area contributed by atoms with Gasteiger partial charge in [-0.05, 0) is 30.5 Å². The zero-order chi connectivity index (χ0) is 16.8. The molecule has 1 heterocycles. The maximum Gasteiger partial charge on any atom is 0.132 e. The van der Waals surface area contributed by atoms with Crippen LogP contribution < -0.4 is 4.74 Å². The summed E-state index contributed by atoms with van der Waals surface area (Å²) in [4.78, 5) is 0. The van der Waals surface area contributed by atoms with Gasteiger partial charge in [-0.3, -0.25) is 0 Å². The van der Waals surface area contributed by atoms with Crippen LogP contribution >= 0.6 is 11.6 Å². The fourth-order valence-corrected chi connectivity index (χ4v) is 3.94. The van der Waals surface area contributed by atoms with Gasteiger partial charge >= 0.3 is 0 Å². The Bertz CT molecular complexity index is 665. The molecule has 2 aromatic rings. The highest BCUT2D eigenvalue weighted by Gasteiger charge is 2.27. The summed E-state index contributed by atoms with van der Waals surface area (Å²) in [6.45, 7) is 2.27. The number of hydrogen-bond acceptors (Lipinski definition) is 1. The summed E-state index contributed by atoms with van der Waals surface area (Å²) in [6.07, 6.45) is 10.4. The SMILES string of the molecule is CCCCCCCCCc1cccc2c1C(Cl)c1ccccc1O2. The van der Waals surface area contributed by atoms with Gasteiger partial charge in [0.15, 0.2) is 0 Å². The second-order valence-electron chi connectivity index (χ2n) is 6.70. The monoisotopic (exact) mass is 342 g/mol. The lowest BCUT2D eigenvalue weighted by atomic mass is 9.92. The van der Waals surface area contributed by atoms with Crippen LogP contribution in [0.5, 0.6) is 11.5 Å². The van der Waals surface area contributed by atoms with Crippen molar-refractivity contribution in [3.63, 3.8) is 0 Å². The largest absolute Gasteiger partial charge is 0.457 e. The third-order valence-electron chi connectivity index (χ3n) is 4.87. The summed E-state index contributed by atoms with van der Waals surface area (Å²) in [5.41, 5.74) is 3.60. The van der Waals surface area contributed by atoms with Gasteiger partial charge in [0.1, 0.15) is 11.5 Å². The highest BCUT2D eigenvalue weighted by molar-refractivity contribution is 6.23. The van der Waals surface area contributed by atoms with Crippen molar-refractivity contribution in [1.82, 2.24) is 0 Å². The maximum absolute atomic E-state index is 6.80. The Kier molecular flexibility index (Phi) is 6.20. The number of fused-ring (bicyclic) bond motifs is 2. The van der Waals surface area contributed by atoms with E-state index in [-0.39, 0.29) is 5.38 Å². The summed E-state index contributed by atoms with van der Waals surface area (Å²) in [7, 11) is 0. The Labute approximate surface area is 151 Å². The van der Waals surface area contributed by atoms with Crippen molar-refractivity contribution in [2.75, 3.05) is 0 Å². The highest BCUT2D eigenvalue weighted by atomic mass is 35.5. The number of hydrogen-bond donors (Lipinski definition) is 0. The molecule has 0 amide bonds. The second kappa shape index (κ2) is 8.58. The van der Waals surface area contributed by atoms with Gasteiger partial charge in [-0.15, -0.1) is 11.6 Å². The highest BCUT2D eigenvalue weighted by Crippen LogP contribution is 2.47. The Morgan fingerprint density at radius 2 is 1.54 bits per heavy atom. The van der Waals surface area contributed by atoms with E-state index >= 15 is 0 Å². The summed E-state index contributed by atoms with van der Waals surface area (Å²) < 4.78 is 6.08. The first-order chi connectivity index (χ1) is 11.8. The van der Waals surface area contributed by atoms with Crippen molar-refractivity contribution >= 4 is 11.6 Å². The van der Waals surface area contributed by atoms with E-state index in [0.29, 0.717) is 0 Å². The fourth-order valence-electron chi connectivity index (χ4n) is 3.51. The number of halogens is 1. The second-order valence-corrected chi connectivity index (χ2v) is 7.14. The van der Waals surface area contributed by atoms with E-state index in [9.17, 15) is 0 Å². The predicted octanol–water partition coefficient (Wildman–Crippen LogP) is 7.41. The van der Waals surface area contributed by atoms with E-state index in [1.54, 1.807) is 0 Å². The lowest BCUT2D eigenvalue weighted by molar-refractivity contribution is 0.456. The minimum Gasteiger partial charge on any atom is -0.457 e. The molecule has 0 aliphatic carbocycles. The van der Waals surface area contributed by atoms with Crippen molar-refractivity contribution < 1.29 is 4.74 Å². The number of para-hydroxylation sites is 1. The normalized spacial score (nSPS) is 15.5. The first-order valence-electron chi connectivity index (χ1n) is 9.34. The molecule has 0 radical (unpaired) electrons. The van der Waals surface area contributed by atoms with Crippen LogP contribution in [0.2, 0.25) is 0 Å². The average Bonchev–Trinajstić information content (AvgIpc) is 2.61. The van der Waals surface area contributed by atoms with Gasteiger partial charge < -0.3 is 4.74 Å². The van der Waals surface area contributed by atoms with Crippen molar-refractivity contribution in [3.8, 4) is 11.5 Å². The molecule has 0 saturated heterocycles. The Hall–Kier alpha value is -1.47. The van der Waals surface area contributed by atoms with Crippen molar-refractivity contribution in [3.05, 3.63) is 59.2 Å². The smallest absolute Gasteiger partial charge is 0.132 e. The Balaban J connectivity index is 1.63. The van der Waals surface area contributed by atoms with Gasteiger partial charge in [-0.25, -0.2) is 0 Å². The van der Waals surface area contributed by atoms with Gasteiger partial charge in [0, 0.05) is 11.1 Å². The summed E-state index contributed by atoms with van der Waals surface area (Å²) >= 11 is 6.80. The van der Waals surface area contributed by atoms with Crippen LogP contribution in [0.25, 0.3) is 0 Å². The number of unbranched alkanes of at least 4 members (excludes halogenated alkanes) is 6. The van der Waals surface area contributed by atoms with Gasteiger partial charge in [0.05, 0.1) is 5.38 Å². The molecule has 1 unspecified atom stereocenters. The van der Waals surface area contributed by atoms with Gasteiger partial charge in [-0.2, -0.15) is 0 Å². The molecule has 1 atom stereocenters. The van der Waals surface area contributed by atoms with E-state index in [0.717, 1.165) is 23.5 Å². The molecule has 0 fully saturated rings. The van der Waals surface area contributed by atoms with E-state index in [1.165, 1.54) is 56.1 Å².